The molecule has 1 aromatic heterocycles. The van der Waals surface area contributed by atoms with Gasteiger partial charge in [0.25, 0.3) is 0 Å². The molecule has 0 aromatic carbocycles. The molecule has 0 N–H and O–H groups in total. The smallest absolute Gasteiger partial charge is 0.0641 e. The molecule has 3 heteroatoms. The number of piperidine rings is 1. The fourth-order valence-corrected chi connectivity index (χ4v) is 3.05. The third-order valence-corrected chi connectivity index (χ3v) is 4.62. The van der Waals surface area contributed by atoms with E-state index in [0.29, 0.717) is 0 Å². The summed E-state index contributed by atoms with van der Waals surface area (Å²) < 4.78 is 2.01. The Morgan fingerprint density at radius 1 is 1.22 bits per heavy atom. The lowest BCUT2D eigenvalue weighted by Crippen LogP contribution is -2.35. The number of likely N-dealkylation sites (tertiary alicyclic amines) is 1. The van der Waals surface area contributed by atoms with Crippen molar-refractivity contribution < 1.29 is 0 Å². The van der Waals surface area contributed by atoms with Crippen LogP contribution in [-0.2, 0) is 13.6 Å². The minimum Gasteiger partial charge on any atom is -0.299 e. The summed E-state index contributed by atoms with van der Waals surface area (Å²) in [6.45, 7) is 12.6. The SMILES string of the molecule is Cc1nn(C)c(C)c1CN1CCC(C(C)C)CC1. The van der Waals surface area contributed by atoms with Crippen molar-refractivity contribution in [2.45, 2.75) is 47.1 Å². The van der Waals surface area contributed by atoms with Crippen LogP contribution in [0.4, 0.5) is 0 Å². The van der Waals surface area contributed by atoms with E-state index in [2.05, 4.69) is 37.7 Å². The fraction of sp³-hybridized carbons (Fsp3) is 0.800. The number of aryl methyl sites for hydroxylation is 2. The Labute approximate surface area is 111 Å². The van der Waals surface area contributed by atoms with Crippen molar-refractivity contribution in [1.29, 1.82) is 0 Å². The lowest BCUT2D eigenvalue weighted by Gasteiger charge is -2.33. The van der Waals surface area contributed by atoms with Crippen LogP contribution in [0.25, 0.3) is 0 Å². The van der Waals surface area contributed by atoms with E-state index in [1.54, 1.807) is 0 Å². The molecule has 1 aromatic rings. The van der Waals surface area contributed by atoms with Crippen LogP contribution in [0, 0.1) is 25.7 Å². The second kappa shape index (κ2) is 5.43. The maximum atomic E-state index is 4.51. The van der Waals surface area contributed by atoms with E-state index < -0.39 is 0 Å². The summed E-state index contributed by atoms with van der Waals surface area (Å²) in [5.41, 5.74) is 3.94. The highest BCUT2D eigenvalue weighted by Crippen LogP contribution is 2.26. The van der Waals surface area contributed by atoms with Gasteiger partial charge in [0.1, 0.15) is 0 Å². The summed E-state index contributed by atoms with van der Waals surface area (Å²) in [5, 5.41) is 4.51. The van der Waals surface area contributed by atoms with Crippen LogP contribution >= 0.6 is 0 Å². The van der Waals surface area contributed by atoms with Gasteiger partial charge in [0, 0.05) is 24.8 Å². The first-order chi connectivity index (χ1) is 8.49. The van der Waals surface area contributed by atoms with Gasteiger partial charge in [-0.1, -0.05) is 13.8 Å². The van der Waals surface area contributed by atoms with E-state index in [1.807, 2.05) is 11.7 Å². The number of hydrogen-bond donors (Lipinski definition) is 0. The zero-order chi connectivity index (χ0) is 13.3. The van der Waals surface area contributed by atoms with Crippen molar-refractivity contribution in [2.75, 3.05) is 13.1 Å². The summed E-state index contributed by atoms with van der Waals surface area (Å²) in [6, 6.07) is 0. The molecule has 0 unspecified atom stereocenters. The molecule has 1 aliphatic heterocycles. The van der Waals surface area contributed by atoms with Crippen LogP contribution < -0.4 is 0 Å². The van der Waals surface area contributed by atoms with Gasteiger partial charge in [0.2, 0.25) is 0 Å². The van der Waals surface area contributed by atoms with Gasteiger partial charge in [0.05, 0.1) is 5.69 Å². The number of rotatable bonds is 3. The quantitative estimate of drug-likeness (QED) is 0.821. The molecular formula is C15H27N3. The van der Waals surface area contributed by atoms with Crippen LogP contribution in [0.3, 0.4) is 0 Å². The molecule has 102 valence electrons. The number of hydrogen-bond acceptors (Lipinski definition) is 2. The second-order valence-electron chi connectivity index (χ2n) is 6.13. The van der Waals surface area contributed by atoms with E-state index in [9.17, 15) is 0 Å². The standard InChI is InChI=1S/C15H27N3/c1-11(2)14-6-8-18(9-7-14)10-15-12(3)16-17(5)13(15)4/h11,14H,6-10H2,1-5H3. The van der Waals surface area contributed by atoms with Crippen LogP contribution in [-0.4, -0.2) is 27.8 Å². The Morgan fingerprint density at radius 2 is 1.83 bits per heavy atom. The number of nitrogens with zero attached hydrogens (tertiary/aromatic N) is 3. The molecular weight excluding hydrogens is 222 g/mol. The summed E-state index contributed by atoms with van der Waals surface area (Å²) in [5.74, 6) is 1.77. The van der Waals surface area contributed by atoms with Crippen molar-refractivity contribution in [3.63, 3.8) is 0 Å². The fourth-order valence-electron chi connectivity index (χ4n) is 3.05. The average Bonchev–Trinajstić information content (AvgIpc) is 2.57. The molecule has 1 fully saturated rings. The van der Waals surface area contributed by atoms with Crippen LogP contribution in [0.15, 0.2) is 0 Å². The van der Waals surface area contributed by atoms with Gasteiger partial charge in [-0.2, -0.15) is 5.10 Å². The molecule has 0 radical (unpaired) electrons. The van der Waals surface area contributed by atoms with E-state index in [0.717, 1.165) is 18.4 Å². The third kappa shape index (κ3) is 2.77. The molecule has 0 bridgehead atoms. The molecule has 0 spiro atoms. The first-order valence-corrected chi connectivity index (χ1v) is 7.20. The van der Waals surface area contributed by atoms with Crippen molar-refractivity contribution in [2.24, 2.45) is 18.9 Å². The first-order valence-electron chi connectivity index (χ1n) is 7.20. The van der Waals surface area contributed by atoms with E-state index in [4.69, 9.17) is 0 Å². The van der Waals surface area contributed by atoms with Crippen LogP contribution in [0.5, 0.6) is 0 Å². The summed E-state index contributed by atoms with van der Waals surface area (Å²) in [6.07, 6.45) is 2.71. The van der Waals surface area contributed by atoms with Gasteiger partial charge in [0.15, 0.2) is 0 Å². The normalized spacial score (nSPS) is 18.8. The Kier molecular flexibility index (Phi) is 4.10. The topological polar surface area (TPSA) is 21.1 Å². The molecule has 0 aliphatic carbocycles. The lowest BCUT2D eigenvalue weighted by molar-refractivity contribution is 0.151. The molecule has 3 nitrogen and oxygen atoms in total. The van der Waals surface area contributed by atoms with E-state index >= 15 is 0 Å². The maximum Gasteiger partial charge on any atom is 0.0641 e. The second-order valence-corrected chi connectivity index (χ2v) is 6.13. The molecule has 0 amide bonds. The average molecular weight is 249 g/mol. The Bertz CT molecular complexity index is 398. The van der Waals surface area contributed by atoms with Crippen molar-refractivity contribution in [3.8, 4) is 0 Å². The summed E-state index contributed by atoms with van der Waals surface area (Å²) in [4.78, 5) is 2.59. The Morgan fingerprint density at radius 3 is 2.28 bits per heavy atom. The predicted octanol–water partition coefficient (Wildman–Crippen LogP) is 2.90. The zero-order valence-electron chi connectivity index (χ0n) is 12.5. The Balaban J connectivity index is 1.95. The van der Waals surface area contributed by atoms with Gasteiger partial charge >= 0.3 is 0 Å². The van der Waals surface area contributed by atoms with E-state index in [-0.39, 0.29) is 0 Å². The van der Waals surface area contributed by atoms with Gasteiger partial charge in [-0.25, -0.2) is 0 Å². The predicted molar refractivity (Wildman–Crippen MR) is 75.5 cm³/mol. The minimum absolute atomic E-state index is 0.842. The molecule has 1 aliphatic rings. The van der Waals surface area contributed by atoms with Crippen molar-refractivity contribution in [1.82, 2.24) is 14.7 Å². The molecule has 0 atom stereocenters. The Hall–Kier alpha value is -0.830. The largest absolute Gasteiger partial charge is 0.299 e. The van der Waals surface area contributed by atoms with E-state index in [1.165, 1.54) is 42.9 Å². The third-order valence-electron chi connectivity index (χ3n) is 4.62. The highest BCUT2D eigenvalue weighted by Gasteiger charge is 2.22. The minimum atomic E-state index is 0.842. The highest BCUT2D eigenvalue weighted by molar-refractivity contribution is 5.24. The monoisotopic (exact) mass is 249 g/mol. The zero-order valence-corrected chi connectivity index (χ0v) is 12.5. The van der Waals surface area contributed by atoms with Crippen molar-refractivity contribution >= 4 is 0 Å². The van der Waals surface area contributed by atoms with Gasteiger partial charge in [-0.05, 0) is 51.6 Å². The molecule has 18 heavy (non-hydrogen) atoms. The molecule has 0 saturated carbocycles. The lowest BCUT2D eigenvalue weighted by atomic mass is 9.86. The molecule has 2 heterocycles. The van der Waals surface area contributed by atoms with Gasteiger partial charge < -0.3 is 0 Å². The maximum absolute atomic E-state index is 4.51. The highest BCUT2D eigenvalue weighted by atomic mass is 15.3. The number of aromatic nitrogens is 2. The van der Waals surface area contributed by atoms with Gasteiger partial charge in [-0.3, -0.25) is 9.58 Å². The van der Waals surface area contributed by atoms with Crippen molar-refractivity contribution in [3.05, 3.63) is 17.0 Å². The van der Waals surface area contributed by atoms with Crippen LogP contribution in [0.2, 0.25) is 0 Å². The first kappa shape index (κ1) is 13.6. The summed E-state index contributed by atoms with van der Waals surface area (Å²) >= 11 is 0. The summed E-state index contributed by atoms with van der Waals surface area (Å²) in [7, 11) is 2.04. The molecule has 1 saturated heterocycles. The molecule has 2 rings (SSSR count). The van der Waals surface area contributed by atoms with Gasteiger partial charge in [-0.15, -0.1) is 0 Å². The van der Waals surface area contributed by atoms with Crippen LogP contribution in [0.1, 0.15) is 43.6 Å².